The zero-order valence-electron chi connectivity index (χ0n) is 12.3. The van der Waals surface area contributed by atoms with Gasteiger partial charge in [0.05, 0.1) is 16.9 Å². The number of nitrogen functional groups attached to an aromatic ring is 1. The Morgan fingerprint density at radius 1 is 1.33 bits per heavy atom. The third-order valence-electron chi connectivity index (χ3n) is 4.12. The Morgan fingerprint density at radius 3 is 2.52 bits per heavy atom. The molecular formula is C16H22N2O3. The molecule has 0 saturated heterocycles. The Bertz CT molecular complexity index is 536. The average molecular weight is 290 g/mol. The molecule has 0 aliphatic heterocycles. The molecule has 1 aliphatic rings. The van der Waals surface area contributed by atoms with Crippen LogP contribution in [0.5, 0.6) is 0 Å². The smallest absolute Gasteiger partial charge is 0.335 e. The molecule has 0 bridgehead atoms. The van der Waals surface area contributed by atoms with Crippen molar-refractivity contribution >= 4 is 23.3 Å². The molecule has 0 spiro atoms. The van der Waals surface area contributed by atoms with Gasteiger partial charge in [-0.15, -0.1) is 0 Å². The van der Waals surface area contributed by atoms with Crippen molar-refractivity contribution in [1.29, 1.82) is 0 Å². The summed E-state index contributed by atoms with van der Waals surface area (Å²) in [6, 6.07) is 4.51. The highest BCUT2D eigenvalue weighted by atomic mass is 16.4. The van der Waals surface area contributed by atoms with Gasteiger partial charge in [-0.3, -0.25) is 4.79 Å². The van der Waals surface area contributed by atoms with E-state index < -0.39 is 5.97 Å². The Balaban J connectivity index is 2.16. The van der Waals surface area contributed by atoms with Gasteiger partial charge in [-0.1, -0.05) is 12.8 Å². The normalized spacial score (nSPS) is 15.1. The number of benzene rings is 1. The minimum atomic E-state index is -1.02. The summed E-state index contributed by atoms with van der Waals surface area (Å²) in [5, 5.41) is 8.96. The number of aromatic carboxylic acids is 1. The summed E-state index contributed by atoms with van der Waals surface area (Å²) < 4.78 is 0. The lowest BCUT2D eigenvalue weighted by atomic mass is 10.0. The lowest BCUT2D eigenvalue weighted by Crippen LogP contribution is -2.32. The zero-order valence-corrected chi connectivity index (χ0v) is 12.3. The van der Waals surface area contributed by atoms with E-state index >= 15 is 0 Å². The summed E-state index contributed by atoms with van der Waals surface area (Å²) in [5.41, 5.74) is 6.99. The van der Waals surface area contributed by atoms with E-state index in [1.54, 1.807) is 11.0 Å². The average Bonchev–Trinajstić information content (AvgIpc) is 2.94. The number of amides is 1. The van der Waals surface area contributed by atoms with Crippen LogP contribution in [0.2, 0.25) is 0 Å². The Hall–Kier alpha value is -2.04. The highest BCUT2D eigenvalue weighted by molar-refractivity contribution is 5.98. The van der Waals surface area contributed by atoms with Crippen LogP contribution in [0.25, 0.3) is 0 Å². The van der Waals surface area contributed by atoms with Crippen LogP contribution in [0, 0.1) is 5.92 Å². The molecule has 0 heterocycles. The minimum absolute atomic E-state index is 0.0687. The summed E-state index contributed by atoms with van der Waals surface area (Å²) >= 11 is 0. The van der Waals surface area contributed by atoms with Crippen LogP contribution in [0.15, 0.2) is 18.2 Å². The van der Waals surface area contributed by atoms with Crippen LogP contribution < -0.4 is 10.6 Å². The molecule has 0 atom stereocenters. The van der Waals surface area contributed by atoms with E-state index in [9.17, 15) is 9.59 Å². The van der Waals surface area contributed by atoms with Crippen molar-refractivity contribution in [3.8, 4) is 0 Å². The number of rotatable bonds is 5. The molecule has 2 rings (SSSR count). The number of carboxylic acid groups (broad SMARTS) is 1. The van der Waals surface area contributed by atoms with Gasteiger partial charge < -0.3 is 15.7 Å². The van der Waals surface area contributed by atoms with Crippen LogP contribution in [-0.4, -0.2) is 23.5 Å². The highest BCUT2D eigenvalue weighted by Crippen LogP contribution is 2.30. The number of nitrogens with zero attached hydrogens (tertiary/aromatic N) is 1. The molecule has 1 aliphatic carbocycles. The van der Waals surface area contributed by atoms with Crippen molar-refractivity contribution in [2.75, 3.05) is 17.2 Å². The quantitative estimate of drug-likeness (QED) is 0.817. The monoisotopic (exact) mass is 290 g/mol. The van der Waals surface area contributed by atoms with Crippen molar-refractivity contribution in [3.63, 3.8) is 0 Å². The van der Waals surface area contributed by atoms with E-state index in [-0.39, 0.29) is 11.5 Å². The standard InChI is InChI=1S/C16H22N2O3/c1-2-18(15(19)9-11-5-3-4-6-11)14-8-7-12(16(20)21)10-13(14)17/h7-8,10-11H,2-6,9,17H2,1H3,(H,20,21). The molecule has 0 unspecified atom stereocenters. The van der Waals surface area contributed by atoms with Gasteiger partial charge in [0, 0.05) is 13.0 Å². The van der Waals surface area contributed by atoms with E-state index in [2.05, 4.69) is 0 Å². The van der Waals surface area contributed by atoms with Crippen molar-refractivity contribution in [3.05, 3.63) is 23.8 Å². The molecule has 1 saturated carbocycles. The van der Waals surface area contributed by atoms with Gasteiger partial charge in [0.25, 0.3) is 0 Å². The predicted octanol–water partition coefficient (Wildman–Crippen LogP) is 2.90. The van der Waals surface area contributed by atoms with E-state index in [0.717, 1.165) is 12.8 Å². The molecule has 1 aromatic carbocycles. The number of carboxylic acids is 1. The predicted molar refractivity (Wildman–Crippen MR) is 82.4 cm³/mol. The van der Waals surface area contributed by atoms with Gasteiger partial charge in [0.2, 0.25) is 5.91 Å². The number of carbonyl (C=O) groups is 2. The fourth-order valence-electron chi connectivity index (χ4n) is 2.99. The number of carbonyl (C=O) groups excluding carboxylic acids is 1. The molecule has 0 aromatic heterocycles. The second-order valence-electron chi connectivity index (χ2n) is 5.57. The van der Waals surface area contributed by atoms with E-state index in [0.29, 0.717) is 30.3 Å². The minimum Gasteiger partial charge on any atom is -0.478 e. The molecular weight excluding hydrogens is 268 g/mol. The first-order valence-electron chi connectivity index (χ1n) is 7.46. The van der Waals surface area contributed by atoms with Crippen molar-refractivity contribution in [1.82, 2.24) is 0 Å². The molecule has 0 radical (unpaired) electrons. The number of hydrogen-bond donors (Lipinski definition) is 2. The Labute approximate surface area is 124 Å². The first kappa shape index (κ1) is 15.4. The lowest BCUT2D eigenvalue weighted by Gasteiger charge is -2.24. The molecule has 1 amide bonds. The first-order valence-corrected chi connectivity index (χ1v) is 7.46. The van der Waals surface area contributed by atoms with Crippen LogP contribution in [0.4, 0.5) is 11.4 Å². The van der Waals surface area contributed by atoms with Crippen molar-refractivity contribution < 1.29 is 14.7 Å². The third kappa shape index (κ3) is 3.54. The van der Waals surface area contributed by atoms with Crippen LogP contribution in [0.1, 0.15) is 49.4 Å². The molecule has 1 fully saturated rings. The molecule has 3 N–H and O–H groups in total. The zero-order chi connectivity index (χ0) is 15.4. The van der Waals surface area contributed by atoms with Gasteiger partial charge in [-0.25, -0.2) is 4.79 Å². The molecule has 1 aromatic rings. The van der Waals surface area contributed by atoms with E-state index in [1.165, 1.54) is 25.0 Å². The fraction of sp³-hybridized carbons (Fsp3) is 0.500. The van der Waals surface area contributed by atoms with Crippen molar-refractivity contribution in [2.45, 2.75) is 39.0 Å². The van der Waals surface area contributed by atoms with Crippen LogP contribution >= 0.6 is 0 Å². The fourth-order valence-corrected chi connectivity index (χ4v) is 2.99. The summed E-state index contributed by atoms with van der Waals surface area (Å²) in [6.07, 6.45) is 5.21. The van der Waals surface area contributed by atoms with E-state index in [1.807, 2.05) is 6.92 Å². The Kier molecular flexibility index (Phi) is 4.83. The highest BCUT2D eigenvalue weighted by Gasteiger charge is 2.23. The first-order chi connectivity index (χ1) is 10.0. The summed E-state index contributed by atoms with van der Waals surface area (Å²) in [5.74, 6) is -0.473. The molecule has 5 nitrogen and oxygen atoms in total. The second-order valence-corrected chi connectivity index (χ2v) is 5.57. The third-order valence-corrected chi connectivity index (χ3v) is 4.12. The molecule has 21 heavy (non-hydrogen) atoms. The summed E-state index contributed by atoms with van der Waals surface area (Å²) in [6.45, 7) is 2.43. The molecule has 5 heteroatoms. The SMILES string of the molecule is CCN(C(=O)CC1CCCC1)c1ccc(C(=O)O)cc1N. The van der Waals surface area contributed by atoms with Gasteiger partial charge in [0.1, 0.15) is 0 Å². The lowest BCUT2D eigenvalue weighted by molar-refractivity contribution is -0.119. The molecule has 114 valence electrons. The number of anilines is 2. The van der Waals surface area contributed by atoms with E-state index in [4.69, 9.17) is 10.8 Å². The maximum absolute atomic E-state index is 12.5. The Morgan fingerprint density at radius 2 is 2.00 bits per heavy atom. The van der Waals surface area contributed by atoms with Gasteiger partial charge in [-0.2, -0.15) is 0 Å². The van der Waals surface area contributed by atoms with Crippen LogP contribution in [0.3, 0.4) is 0 Å². The summed E-state index contributed by atoms with van der Waals surface area (Å²) in [7, 11) is 0. The summed E-state index contributed by atoms with van der Waals surface area (Å²) in [4.78, 5) is 25.0. The maximum Gasteiger partial charge on any atom is 0.335 e. The maximum atomic E-state index is 12.5. The number of nitrogens with two attached hydrogens (primary N) is 1. The topological polar surface area (TPSA) is 83.6 Å². The largest absolute Gasteiger partial charge is 0.478 e. The number of hydrogen-bond acceptors (Lipinski definition) is 3. The van der Waals surface area contributed by atoms with Gasteiger partial charge >= 0.3 is 5.97 Å². The van der Waals surface area contributed by atoms with Gasteiger partial charge in [0.15, 0.2) is 0 Å². The van der Waals surface area contributed by atoms with Gasteiger partial charge in [-0.05, 0) is 43.9 Å². The van der Waals surface area contributed by atoms with Crippen LogP contribution in [-0.2, 0) is 4.79 Å². The van der Waals surface area contributed by atoms with Crippen molar-refractivity contribution in [2.24, 2.45) is 5.92 Å². The second kappa shape index (κ2) is 6.61.